The van der Waals surface area contributed by atoms with Crippen LogP contribution in [-0.4, -0.2) is 41.6 Å². The lowest BCUT2D eigenvalue weighted by Crippen LogP contribution is -2.53. The summed E-state index contributed by atoms with van der Waals surface area (Å²) in [5, 5.41) is 3.20. The van der Waals surface area contributed by atoms with E-state index < -0.39 is 6.04 Å². The van der Waals surface area contributed by atoms with E-state index >= 15 is 0 Å². The fourth-order valence-electron chi connectivity index (χ4n) is 3.77. The zero-order chi connectivity index (χ0) is 21.7. The molecule has 1 saturated heterocycles. The molecule has 1 heterocycles. The first-order valence-electron chi connectivity index (χ1n) is 10.3. The van der Waals surface area contributed by atoms with Gasteiger partial charge in [-0.2, -0.15) is 0 Å². The number of nitrogens with one attached hydrogen (secondary N) is 1. The number of nitrogens with zero attached hydrogens (tertiary/aromatic N) is 1. The molecule has 2 aromatic rings. The van der Waals surface area contributed by atoms with Crippen LogP contribution < -0.4 is 5.32 Å². The Kier molecular flexibility index (Phi) is 7.27. The molecular formula is C24H27ClN2O3. The number of halogens is 1. The molecule has 2 amide bonds. The number of hydrogen-bond donors (Lipinski definition) is 1. The van der Waals surface area contributed by atoms with Gasteiger partial charge in [0.25, 0.3) is 5.91 Å². The van der Waals surface area contributed by atoms with Crippen LogP contribution in [0.3, 0.4) is 0 Å². The van der Waals surface area contributed by atoms with Crippen molar-refractivity contribution in [3.8, 4) is 0 Å². The third kappa shape index (κ3) is 5.08. The number of amides is 2. The normalized spacial score (nSPS) is 15.7. The molecule has 0 saturated carbocycles. The number of ketones is 1. The summed E-state index contributed by atoms with van der Waals surface area (Å²) in [6.07, 6.45) is 1.26. The van der Waals surface area contributed by atoms with Crippen molar-refractivity contribution in [2.24, 2.45) is 11.8 Å². The van der Waals surface area contributed by atoms with Gasteiger partial charge in [-0.25, -0.2) is 0 Å². The SMILES string of the molecule is CC(C)[C@H](NC(=O)c1ccccc1Cl)C(=O)N1CCC(C(=O)c2ccccc2)CC1. The second kappa shape index (κ2) is 9.90. The van der Waals surface area contributed by atoms with Crippen LogP contribution in [0.5, 0.6) is 0 Å². The molecular weight excluding hydrogens is 400 g/mol. The zero-order valence-electron chi connectivity index (χ0n) is 17.3. The van der Waals surface area contributed by atoms with Crippen molar-refractivity contribution in [2.75, 3.05) is 13.1 Å². The summed E-state index contributed by atoms with van der Waals surface area (Å²) in [5.41, 5.74) is 1.07. The summed E-state index contributed by atoms with van der Waals surface area (Å²) in [4.78, 5) is 40.2. The van der Waals surface area contributed by atoms with E-state index in [9.17, 15) is 14.4 Å². The molecule has 158 valence electrons. The van der Waals surface area contributed by atoms with E-state index in [1.165, 1.54) is 0 Å². The number of benzene rings is 2. The molecule has 5 nitrogen and oxygen atoms in total. The van der Waals surface area contributed by atoms with Crippen LogP contribution in [0.2, 0.25) is 5.02 Å². The highest BCUT2D eigenvalue weighted by Gasteiger charge is 2.33. The third-order valence-electron chi connectivity index (χ3n) is 5.57. The van der Waals surface area contributed by atoms with E-state index in [1.54, 1.807) is 29.2 Å². The highest BCUT2D eigenvalue weighted by molar-refractivity contribution is 6.33. The van der Waals surface area contributed by atoms with Crippen molar-refractivity contribution >= 4 is 29.2 Å². The fraction of sp³-hybridized carbons (Fsp3) is 0.375. The molecule has 0 aliphatic carbocycles. The topological polar surface area (TPSA) is 66.5 Å². The maximum absolute atomic E-state index is 13.1. The lowest BCUT2D eigenvalue weighted by atomic mass is 9.88. The standard InChI is InChI=1S/C24H27ClN2O3/c1-16(2)21(26-23(29)19-10-6-7-11-20(19)25)24(30)27-14-12-18(13-15-27)22(28)17-8-4-3-5-9-17/h3-11,16,18,21H,12-15H2,1-2H3,(H,26,29)/t21-/m0/s1. The Bertz CT molecular complexity index is 906. The van der Waals surface area contributed by atoms with E-state index in [2.05, 4.69) is 5.32 Å². The molecule has 1 aliphatic heterocycles. The van der Waals surface area contributed by atoms with Gasteiger partial charge in [-0.15, -0.1) is 0 Å². The van der Waals surface area contributed by atoms with Gasteiger partial charge >= 0.3 is 0 Å². The summed E-state index contributed by atoms with van der Waals surface area (Å²) in [5.74, 6) is -0.493. The second-order valence-electron chi connectivity index (χ2n) is 8.00. The van der Waals surface area contributed by atoms with E-state index in [0.717, 1.165) is 0 Å². The number of carbonyl (C=O) groups excluding carboxylic acids is 3. The Hall–Kier alpha value is -2.66. The van der Waals surface area contributed by atoms with Gasteiger partial charge in [-0.3, -0.25) is 14.4 Å². The van der Waals surface area contributed by atoms with Crippen molar-refractivity contribution in [3.05, 3.63) is 70.7 Å². The largest absolute Gasteiger partial charge is 0.341 e. The molecule has 1 fully saturated rings. The Balaban J connectivity index is 1.62. The molecule has 1 atom stereocenters. The highest BCUT2D eigenvalue weighted by Crippen LogP contribution is 2.23. The first-order chi connectivity index (χ1) is 14.4. The fourth-order valence-corrected chi connectivity index (χ4v) is 4.00. The molecule has 0 bridgehead atoms. The zero-order valence-corrected chi connectivity index (χ0v) is 18.1. The van der Waals surface area contributed by atoms with E-state index in [0.29, 0.717) is 42.1 Å². The van der Waals surface area contributed by atoms with Gasteiger partial charge in [0.1, 0.15) is 6.04 Å². The quantitative estimate of drug-likeness (QED) is 0.703. The predicted molar refractivity (Wildman–Crippen MR) is 118 cm³/mol. The Morgan fingerprint density at radius 1 is 0.967 bits per heavy atom. The average Bonchev–Trinajstić information content (AvgIpc) is 2.77. The maximum Gasteiger partial charge on any atom is 0.253 e. The lowest BCUT2D eigenvalue weighted by Gasteiger charge is -2.35. The van der Waals surface area contributed by atoms with Crippen LogP contribution in [0.15, 0.2) is 54.6 Å². The number of piperidine rings is 1. The Morgan fingerprint density at radius 3 is 2.17 bits per heavy atom. The molecule has 0 spiro atoms. The average molecular weight is 427 g/mol. The third-order valence-corrected chi connectivity index (χ3v) is 5.90. The number of carbonyl (C=O) groups is 3. The van der Waals surface area contributed by atoms with E-state index in [1.807, 2.05) is 44.2 Å². The van der Waals surface area contributed by atoms with Crippen molar-refractivity contribution in [2.45, 2.75) is 32.7 Å². The van der Waals surface area contributed by atoms with Gasteiger partial charge in [0.05, 0.1) is 10.6 Å². The lowest BCUT2D eigenvalue weighted by molar-refractivity contribution is -0.135. The van der Waals surface area contributed by atoms with Crippen molar-refractivity contribution in [3.63, 3.8) is 0 Å². The number of Topliss-reactive ketones (excluding diaryl/α,β-unsaturated/α-hetero) is 1. The van der Waals surface area contributed by atoms with Crippen LogP contribution in [0.1, 0.15) is 47.4 Å². The molecule has 0 aromatic heterocycles. The van der Waals surface area contributed by atoms with Gasteiger partial charge in [0.2, 0.25) is 5.91 Å². The number of likely N-dealkylation sites (tertiary alicyclic amines) is 1. The molecule has 1 N–H and O–H groups in total. The first-order valence-corrected chi connectivity index (χ1v) is 10.7. The van der Waals surface area contributed by atoms with Gasteiger partial charge < -0.3 is 10.2 Å². The summed E-state index contributed by atoms with van der Waals surface area (Å²) < 4.78 is 0. The summed E-state index contributed by atoms with van der Waals surface area (Å²) >= 11 is 6.12. The molecule has 0 unspecified atom stereocenters. The van der Waals surface area contributed by atoms with Crippen LogP contribution in [0, 0.1) is 11.8 Å². The second-order valence-corrected chi connectivity index (χ2v) is 8.41. The highest BCUT2D eigenvalue weighted by atomic mass is 35.5. The van der Waals surface area contributed by atoms with Gasteiger partial charge in [0.15, 0.2) is 5.78 Å². The molecule has 6 heteroatoms. The van der Waals surface area contributed by atoms with E-state index in [-0.39, 0.29) is 29.4 Å². The predicted octanol–water partition coefficient (Wildman–Crippen LogP) is 4.22. The summed E-state index contributed by atoms with van der Waals surface area (Å²) in [6, 6.07) is 15.4. The Labute approximate surface area is 182 Å². The molecule has 3 rings (SSSR count). The van der Waals surface area contributed by atoms with Gasteiger partial charge in [-0.1, -0.05) is 67.9 Å². The van der Waals surface area contributed by atoms with Crippen LogP contribution in [0.4, 0.5) is 0 Å². The minimum atomic E-state index is -0.643. The van der Waals surface area contributed by atoms with Crippen molar-refractivity contribution in [1.29, 1.82) is 0 Å². The monoisotopic (exact) mass is 426 g/mol. The van der Waals surface area contributed by atoms with Crippen LogP contribution in [-0.2, 0) is 4.79 Å². The number of rotatable bonds is 6. The van der Waals surface area contributed by atoms with Gasteiger partial charge in [0, 0.05) is 24.6 Å². The minimum Gasteiger partial charge on any atom is -0.341 e. The molecule has 1 aliphatic rings. The summed E-state index contributed by atoms with van der Waals surface area (Å²) in [7, 11) is 0. The van der Waals surface area contributed by atoms with Crippen LogP contribution >= 0.6 is 11.6 Å². The molecule has 0 radical (unpaired) electrons. The first kappa shape index (κ1) is 22.0. The Morgan fingerprint density at radius 2 is 1.57 bits per heavy atom. The van der Waals surface area contributed by atoms with Gasteiger partial charge in [-0.05, 0) is 30.9 Å². The minimum absolute atomic E-state index is 0.0763. The maximum atomic E-state index is 13.1. The van der Waals surface area contributed by atoms with E-state index in [4.69, 9.17) is 11.6 Å². The summed E-state index contributed by atoms with van der Waals surface area (Å²) in [6.45, 7) is 4.82. The van der Waals surface area contributed by atoms with Crippen molar-refractivity contribution in [1.82, 2.24) is 10.2 Å². The molecule has 2 aromatic carbocycles. The molecule has 30 heavy (non-hydrogen) atoms. The number of hydrogen-bond acceptors (Lipinski definition) is 3. The van der Waals surface area contributed by atoms with Crippen molar-refractivity contribution < 1.29 is 14.4 Å². The smallest absolute Gasteiger partial charge is 0.253 e. The van der Waals surface area contributed by atoms with Crippen LogP contribution in [0.25, 0.3) is 0 Å².